The Hall–Kier alpha value is -2.86. The first-order valence-electron chi connectivity index (χ1n) is 14.0. The molecule has 3 aromatic rings. The SMILES string of the molecule is Cc1ccc2c(c1)C1(C3=C(C=CC3)c3ccccc31)c1cc3c(cc1-2)C1CCC(CCCC3C)C1. The lowest BCUT2D eigenvalue weighted by atomic mass is 9.68. The fraction of sp³-hybridized carbons (Fsp3) is 0.371. The molecular weight excluding hydrogens is 420 g/mol. The molecule has 1 saturated carbocycles. The van der Waals surface area contributed by atoms with Gasteiger partial charge in [-0.25, -0.2) is 0 Å². The van der Waals surface area contributed by atoms with Gasteiger partial charge in [-0.2, -0.15) is 0 Å². The molecule has 0 heterocycles. The third kappa shape index (κ3) is 2.53. The van der Waals surface area contributed by atoms with Crippen LogP contribution in [0.4, 0.5) is 0 Å². The van der Waals surface area contributed by atoms with Crippen molar-refractivity contribution in [1.82, 2.24) is 0 Å². The summed E-state index contributed by atoms with van der Waals surface area (Å²) >= 11 is 0. The van der Waals surface area contributed by atoms with Gasteiger partial charge in [-0.15, -0.1) is 0 Å². The fourth-order valence-corrected chi connectivity index (χ4v) is 8.72. The molecule has 0 nitrogen and oxygen atoms in total. The van der Waals surface area contributed by atoms with Crippen molar-refractivity contribution < 1.29 is 0 Å². The largest absolute Gasteiger partial charge is 0.0798 e. The molecule has 4 unspecified atom stereocenters. The maximum atomic E-state index is 2.72. The first-order valence-corrected chi connectivity index (χ1v) is 14.0. The lowest BCUT2D eigenvalue weighted by Crippen LogP contribution is -2.27. The van der Waals surface area contributed by atoms with Crippen molar-refractivity contribution >= 4 is 5.57 Å². The first kappa shape index (κ1) is 20.3. The van der Waals surface area contributed by atoms with Gasteiger partial charge in [-0.1, -0.05) is 92.1 Å². The average molecular weight is 455 g/mol. The van der Waals surface area contributed by atoms with Crippen molar-refractivity contribution in [3.63, 3.8) is 0 Å². The summed E-state index contributed by atoms with van der Waals surface area (Å²) in [7, 11) is 0. The van der Waals surface area contributed by atoms with Gasteiger partial charge < -0.3 is 0 Å². The van der Waals surface area contributed by atoms with Crippen LogP contribution in [0.5, 0.6) is 0 Å². The van der Waals surface area contributed by atoms with E-state index in [0.29, 0.717) is 5.92 Å². The summed E-state index contributed by atoms with van der Waals surface area (Å²) < 4.78 is 0. The lowest BCUT2D eigenvalue weighted by Gasteiger charge is -2.33. The molecule has 2 bridgehead atoms. The van der Waals surface area contributed by atoms with E-state index < -0.39 is 0 Å². The van der Waals surface area contributed by atoms with Crippen LogP contribution in [0.15, 0.2) is 72.3 Å². The van der Waals surface area contributed by atoms with Gasteiger partial charge in [0, 0.05) is 0 Å². The zero-order valence-electron chi connectivity index (χ0n) is 21.0. The van der Waals surface area contributed by atoms with Crippen LogP contribution in [-0.2, 0) is 5.41 Å². The molecule has 5 aliphatic carbocycles. The van der Waals surface area contributed by atoms with Crippen molar-refractivity contribution in [3.05, 3.63) is 111 Å². The Balaban J connectivity index is 1.48. The summed E-state index contributed by atoms with van der Waals surface area (Å²) in [5, 5.41) is 0. The van der Waals surface area contributed by atoms with E-state index in [1.807, 2.05) is 0 Å². The molecule has 0 aromatic heterocycles. The summed E-state index contributed by atoms with van der Waals surface area (Å²) in [5.41, 5.74) is 16.7. The van der Waals surface area contributed by atoms with E-state index in [2.05, 4.69) is 80.6 Å². The molecule has 8 rings (SSSR count). The van der Waals surface area contributed by atoms with Crippen molar-refractivity contribution in [2.45, 2.75) is 76.0 Å². The fourth-order valence-electron chi connectivity index (χ4n) is 8.72. The van der Waals surface area contributed by atoms with Gasteiger partial charge in [-0.3, -0.25) is 0 Å². The third-order valence-electron chi connectivity index (χ3n) is 10.3. The van der Waals surface area contributed by atoms with Gasteiger partial charge in [0.05, 0.1) is 5.41 Å². The van der Waals surface area contributed by atoms with Crippen LogP contribution in [0.2, 0.25) is 0 Å². The second-order valence-electron chi connectivity index (χ2n) is 12.1. The van der Waals surface area contributed by atoms with Crippen LogP contribution in [0, 0.1) is 12.8 Å². The van der Waals surface area contributed by atoms with Crippen LogP contribution >= 0.6 is 0 Å². The molecular formula is C35H34. The standard InChI is InChI=1S/C35H34/c1-21-13-16-27-30-19-29-24-15-14-23(18-24)8-5-7-22(2)28(29)20-34(30)35(33(27)17-21)31-11-4-3-9-25(31)26-10-6-12-32(26)35/h3-4,6,9-11,13,16-17,19-20,22-24H,5,7-8,12,14-15,18H2,1-2H3. The minimum atomic E-state index is -0.127. The smallest absolute Gasteiger partial charge is 0.0691 e. The molecule has 0 amide bonds. The summed E-state index contributed by atoms with van der Waals surface area (Å²) in [6.45, 7) is 4.77. The highest BCUT2D eigenvalue weighted by atomic mass is 14.5. The van der Waals surface area contributed by atoms with Crippen molar-refractivity contribution in [1.29, 1.82) is 0 Å². The van der Waals surface area contributed by atoms with Crippen LogP contribution in [0.3, 0.4) is 0 Å². The van der Waals surface area contributed by atoms with E-state index in [-0.39, 0.29) is 5.41 Å². The Morgan fingerprint density at radius 3 is 2.60 bits per heavy atom. The highest BCUT2D eigenvalue weighted by Gasteiger charge is 2.53. The molecule has 0 saturated heterocycles. The van der Waals surface area contributed by atoms with Crippen molar-refractivity contribution in [2.24, 2.45) is 5.92 Å². The Morgan fingerprint density at radius 1 is 0.771 bits per heavy atom. The summed E-state index contributed by atoms with van der Waals surface area (Å²) in [6, 6.07) is 22.0. The van der Waals surface area contributed by atoms with Crippen molar-refractivity contribution in [3.8, 4) is 11.1 Å². The van der Waals surface area contributed by atoms with Gasteiger partial charge in [0.2, 0.25) is 0 Å². The predicted molar refractivity (Wildman–Crippen MR) is 146 cm³/mol. The highest BCUT2D eigenvalue weighted by Crippen LogP contribution is 2.65. The molecule has 1 spiro atoms. The minimum Gasteiger partial charge on any atom is -0.0798 e. The quantitative estimate of drug-likeness (QED) is 0.317. The van der Waals surface area contributed by atoms with Crippen LogP contribution < -0.4 is 0 Å². The van der Waals surface area contributed by atoms with E-state index in [0.717, 1.165) is 18.3 Å². The summed E-state index contributed by atoms with van der Waals surface area (Å²) in [6.07, 6.45) is 14.3. The second kappa shape index (κ2) is 7.10. The van der Waals surface area contributed by atoms with Gasteiger partial charge in [-0.05, 0) is 112 Å². The minimum absolute atomic E-state index is 0.127. The normalized spacial score (nSPS) is 29.4. The second-order valence-corrected chi connectivity index (χ2v) is 12.1. The highest BCUT2D eigenvalue weighted by molar-refractivity contribution is 5.98. The zero-order valence-corrected chi connectivity index (χ0v) is 21.0. The van der Waals surface area contributed by atoms with Gasteiger partial charge in [0.25, 0.3) is 0 Å². The number of aryl methyl sites for hydroxylation is 1. The summed E-state index contributed by atoms with van der Waals surface area (Å²) in [5.74, 6) is 2.35. The van der Waals surface area contributed by atoms with Gasteiger partial charge >= 0.3 is 0 Å². The monoisotopic (exact) mass is 454 g/mol. The maximum Gasteiger partial charge on any atom is 0.0691 e. The number of rotatable bonds is 0. The average Bonchev–Trinajstić information content (AvgIpc) is 3.63. The molecule has 35 heavy (non-hydrogen) atoms. The van der Waals surface area contributed by atoms with Crippen molar-refractivity contribution in [2.75, 3.05) is 0 Å². The number of allylic oxidation sites excluding steroid dienone is 4. The topological polar surface area (TPSA) is 0 Å². The summed E-state index contributed by atoms with van der Waals surface area (Å²) in [4.78, 5) is 0. The van der Waals surface area contributed by atoms with Gasteiger partial charge in [0.1, 0.15) is 0 Å². The molecule has 3 aromatic carbocycles. The third-order valence-corrected chi connectivity index (χ3v) is 10.3. The van der Waals surface area contributed by atoms with E-state index in [9.17, 15) is 0 Å². The predicted octanol–water partition coefficient (Wildman–Crippen LogP) is 9.21. The van der Waals surface area contributed by atoms with E-state index in [1.165, 1.54) is 77.5 Å². The molecule has 0 N–H and O–H groups in total. The molecule has 174 valence electrons. The zero-order chi connectivity index (χ0) is 23.3. The molecule has 1 fully saturated rings. The van der Waals surface area contributed by atoms with E-state index in [4.69, 9.17) is 0 Å². The molecule has 0 radical (unpaired) electrons. The Morgan fingerprint density at radius 2 is 1.66 bits per heavy atom. The Bertz CT molecular complexity index is 1460. The van der Waals surface area contributed by atoms with Crippen LogP contribution in [0.1, 0.15) is 103 Å². The van der Waals surface area contributed by atoms with Gasteiger partial charge in [0.15, 0.2) is 0 Å². The number of fused-ring (bicyclic) bond motifs is 13. The Kier molecular flexibility index (Phi) is 4.12. The Labute approximate surface area is 209 Å². The van der Waals surface area contributed by atoms with E-state index in [1.54, 1.807) is 22.3 Å². The first-order chi connectivity index (χ1) is 17.2. The maximum absolute atomic E-state index is 2.72. The molecule has 4 atom stereocenters. The lowest BCUT2D eigenvalue weighted by molar-refractivity contribution is 0.461. The molecule has 5 aliphatic rings. The number of hydrogen-bond acceptors (Lipinski definition) is 0. The van der Waals surface area contributed by atoms with E-state index >= 15 is 0 Å². The molecule has 0 aliphatic heterocycles. The number of hydrogen-bond donors (Lipinski definition) is 0. The van der Waals surface area contributed by atoms with Crippen LogP contribution in [-0.4, -0.2) is 0 Å². The number of benzene rings is 3. The molecule has 0 heteroatoms. The van der Waals surface area contributed by atoms with Crippen LogP contribution in [0.25, 0.3) is 16.7 Å².